The third kappa shape index (κ3) is 2.40. The number of rotatable bonds is 3. The predicted molar refractivity (Wildman–Crippen MR) is 53.9 cm³/mol. The third-order valence-corrected chi connectivity index (χ3v) is 2.56. The van der Waals surface area contributed by atoms with Crippen LogP contribution in [0.3, 0.4) is 0 Å². The first-order valence-corrected chi connectivity index (χ1v) is 5.13. The van der Waals surface area contributed by atoms with Crippen molar-refractivity contribution in [2.75, 3.05) is 19.8 Å². The van der Waals surface area contributed by atoms with E-state index in [9.17, 15) is 4.79 Å². The van der Waals surface area contributed by atoms with Crippen molar-refractivity contribution in [2.24, 2.45) is 0 Å². The van der Waals surface area contributed by atoms with E-state index in [1.54, 1.807) is 0 Å². The Morgan fingerprint density at radius 2 is 2.56 bits per heavy atom. The van der Waals surface area contributed by atoms with Gasteiger partial charge in [0.2, 0.25) is 0 Å². The van der Waals surface area contributed by atoms with E-state index in [2.05, 4.69) is 5.16 Å². The van der Waals surface area contributed by atoms with Gasteiger partial charge in [0.1, 0.15) is 6.04 Å². The Morgan fingerprint density at radius 3 is 3.19 bits per heavy atom. The van der Waals surface area contributed by atoms with Crippen molar-refractivity contribution in [1.29, 1.82) is 0 Å². The lowest BCUT2D eigenvalue weighted by molar-refractivity contribution is -0.150. The van der Waals surface area contributed by atoms with Crippen LogP contribution >= 0.6 is 0 Å². The summed E-state index contributed by atoms with van der Waals surface area (Å²) in [6.45, 7) is 3.66. The summed E-state index contributed by atoms with van der Waals surface area (Å²) in [6.07, 6.45) is 0. The quantitative estimate of drug-likeness (QED) is 0.797. The summed E-state index contributed by atoms with van der Waals surface area (Å²) in [5.41, 5.74) is 0.801. The number of carboxylic acids is 1. The van der Waals surface area contributed by atoms with Gasteiger partial charge in [-0.1, -0.05) is 5.16 Å². The van der Waals surface area contributed by atoms with Crippen LogP contribution in [0.5, 0.6) is 0 Å². The number of carboxylic acid groups (broad SMARTS) is 1. The largest absolute Gasteiger partial charge is 0.480 e. The molecule has 88 valence electrons. The van der Waals surface area contributed by atoms with Crippen LogP contribution in [0.25, 0.3) is 0 Å². The number of aliphatic carboxylic acids is 1. The van der Waals surface area contributed by atoms with Crippen molar-refractivity contribution >= 4 is 5.97 Å². The van der Waals surface area contributed by atoms with Crippen molar-refractivity contribution in [3.8, 4) is 0 Å². The van der Waals surface area contributed by atoms with Gasteiger partial charge in [-0.25, -0.2) is 0 Å². The molecule has 1 N–H and O–H groups in total. The summed E-state index contributed by atoms with van der Waals surface area (Å²) in [5.74, 6) is -0.179. The van der Waals surface area contributed by atoms with Gasteiger partial charge in [-0.15, -0.1) is 0 Å². The number of morpholine rings is 1. The summed E-state index contributed by atoms with van der Waals surface area (Å²) >= 11 is 0. The zero-order chi connectivity index (χ0) is 11.5. The Kier molecular flexibility index (Phi) is 3.21. The fourth-order valence-corrected chi connectivity index (χ4v) is 1.75. The Labute approximate surface area is 92.8 Å². The van der Waals surface area contributed by atoms with Crippen LogP contribution in [0.15, 0.2) is 10.6 Å². The number of aromatic nitrogens is 1. The fraction of sp³-hybridized carbons (Fsp3) is 0.600. The molecule has 1 fully saturated rings. The molecule has 1 aromatic rings. The molecule has 0 bridgehead atoms. The smallest absolute Gasteiger partial charge is 0.323 e. The molecule has 1 aliphatic rings. The van der Waals surface area contributed by atoms with Gasteiger partial charge in [0.05, 0.1) is 25.5 Å². The van der Waals surface area contributed by atoms with Crippen molar-refractivity contribution in [3.05, 3.63) is 17.5 Å². The maximum absolute atomic E-state index is 11.0. The molecule has 2 heterocycles. The van der Waals surface area contributed by atoms with Gasteiger partial charge in [0.25, 0.3) is 0 Å². The van der Waals surface area contributed by atoms with Gasteiger partial charge >= 0.3 is 5.97 Å². The van der Waals surface area contributed by atoms with E-state index in [0.717, 1.165) is 5.69 Å². The number of ether oxygens (including phenoxy) is 1. The SMILES string of the molecule is Cc1cc(CN2CCOCC2C(=O)O)on1. The first-order chi connectivity index (χ1) is 7.66. The molecular weight excluding hydrogens is 212 g/mol. The second-order valence-corrected chi connectivity index (χ2v) is 3.83. The molecule has 6 nitrogen and oxygen atoms in total. The number of hydrogen-bond acceptors (Lipinski definition) is 5. The van der Waals surface area contributed by atoms with E-state index >= 15 is 0 Å². The van der Waals surface area contributed by atoms with Crippen LogP contribution in [0.2, 0.25) is 0 Å². The van der Waals surface area contributed by atoms with Crippen molar-refractivity contribution in [3.63, 3.8) is 0 Å². The Hall–Kier alpha value is -1.40. The summed E-state index contributed by atoms with van der Waals surface area (Å²) in [7, 11) is 0. The lowest BCUT2D eigenvalue weighted by atomic mass is 10.2. The highest BCUT2D eigenvalue weighted by Gasteiger charge is 2.29. The second-order valence-electron chi connectivity index (χ2n) is 3.83. The minimum Gasteiger partial charge on any atom is -0.480 e. The molecule has 1 atom stereocenters. The summed E-state index contributed by atoms with van der Waals surface area (Å²) in [6, 6.07) is 1.22. The Bertz CT molecular complexity index is 377. The van der Waals surface area contributed by atoms with Gasteiger partial charge < -0.3 is 14.4 Å². The molecule has 6 heteroatoms. The van der Waals surface area contributed by atoms with Crippen LogP contribution in [0.1, 0.15) is 11.5 Å². The minimum atomic E-state index is -0.865. The highest BCUT2D eigenvalue weighted by atomic mass is 16.5. The number of aryl methyl sites for hydroxylation is 1. The highest BCUT2D eigenvalue weighted by molar-refractivity contribution is 5.73. The van der Waals surface area contributed by atoms with Gasteiger partial charge in [-0.3, -0.25) is 9.69 Å². The van der Waals surface area contributed by atoms with Crippen LogP contribution in [0.4, 0.5) is 0 Å². The minimum absolute atomic E-state index is 0.225. The van der Waals surface area contributed by atoms with Crippen LogP contribution in [-0.4, -0.2) is 46.9 Å². The van der Waals surface area contributed by atoms with Crippen LogP contribution < -0.4 is 0 Å². The monoisotopic (exact) mass is 226 g/mol. The molecule has 16 heavy (non-hydrogen) atoms. The molecule has 0 aliphatic carbocycles. The lowest BCUT2D eigenvalue weighted by Crippen LogP contribution is -2.49. The standard InChI is InChI=1S/C10H14N2O4/c1-7-4-8(16-11-7)5-12-2-3-15-6-9(12)10(13)14/h4,9H,2-3,5-6H2,1H3,(H,13,14). The Morgan fingerprint density at radius 1 is 1.75 bits per heavy atom. The fourth-order valence-electron chi connectivity index (χ4n) is 1.75. The molecule has 0 spiro atoms. The molecule has 0 saturated carbocycles. The molecule has 1 aliphatic heterocycles. The van der Waals surface area contributed by atoms with Crippen molar-refractivity contribution < 1.29 is 19.2 Å². The molecule has 2 rings (SSSR count). The number of hydrogen-bond donors (Lipinski definition) is 1. The maximum Gasteiger partial charge on any atom is 0.323 e. The average molecular weight is 226 g/mol. The molecule has 1 unspecified atom stereocenters. The number of nitrogens with zero attached hydrogens (tertiary/aromatic N) is 2. The van der Waals surface area contributed by atoms with Crippen molar-refractivity contribution in [1.82, 2.24) is 10.1 Å². The molecule has 0 aromatic carbocycles. The second kappa shape index (κ2) is 4.63. The van der Waals surface area contributed by atoms with Crippen LogP contribution in [0, 0.1) is 6.92 Å². The summed E-state index contributed by atoms with van der Waals surface area (Å²) in [4.78, 5) is 12.8. The predicted octanol–water partition coefficient (Wildman–Crippen LogP) is 0.268. The van der Waals surface area contributed by atoms with E-state index in [4.69, 9.17) is 14.4 Å². The Balaban J connectivity index is 2.03. The van der Waals surface area contributed by atoms with Gasteiger partial charge in [-0.2, -0.15) is 0 Å². The van der Waals surface area contributed by atoms with E-state index in [1.807, 2.05) is 17.9 Å². The molecule has 0 radical (unpaired) electrons. The van der Waals surface area contributed by atoms with E-state index in [0.29, 0.717) is 25.5 Å². The molecular formula is C10H14N2O4. The maximum atomic E-state index is 11.0. The molecule has 1 saturated heterocycles. The first-order valence-electron chi connectivity index (χ1n) is 5.13. The zero-order valence-corrected chi connectivity index (χ0v) is 9.05. The third-order valence-electron chi connectivity index (χ3n) is 2.56. The lowest BCUT2D eigenvalue weighted by Gasteiger charge is -2.31. The first kappa shape index (κ1) is 11.1. The summed E-state index contributed by atoms with van der Waals surface area (Å²) in [5, 5.41) is 12.8. The number of carbonyl (C=O) groups is 1. The average Bonchev–Trinajstić information content (AvgIpc) is 2.64. The molecule has 1 aromatic heterocycles. The van der Waals surface area contributed by atoms with Gasteiger partial charge in [0, 0.05) is 12.6 Å². The van der Waals surface area contributed by atoms with E-state index in [1.165, 1.54) is 0 Å². The van der Waals surface area contributed by atoms with Crippen LogP contribution in [-0.2, 0) is 16.1 Å². The van der Waals surface area contributed by atoms with E-state index < -0.39 is 12.0 Å². The van der Waals surface area contributed by atoms with E-state index in [-0.39, 0.29) is 6.61 Å². The van der Waals surface area contributed by atoms with Gasteiger partial charge in [-0.05, 0) is 6.92 Å². The highest BCUT2D eigenvalue weighted by Crippen LogP contribution is 2.13. The molecule has 0 amide bonds. The zero-order valence-electron chi connectivity index (χ0n) is 9.05. The topological polar surface area (TPSA) is 75.8 Å². The normalized spacial score (nSPS) is 22.2. The van der Waals surface area contributed by atoms with Crippen molar-refractivity contribution in [2.45, 2.75) is 19.5 Å². The van der Waals surface area contributed by atoms with Gasteiger partial charge in [0.15, 0.2) is 5.76 Å². The summed E-state index contributed by atoms with van der Waals surface area (Å²) < 4.78 is 10.2.